The van der Waals surface area contributed by atoms with Crippen molar-refractivity contribution in [2.24, 2.45) is 23.7 Å². The topological polar surface area (TPSA) is 51.2 Å². The summed E-state index contributed by atoms with van der Waals surface area (Å²) in [4.78, 5) is 13.1. The van der Waals surface area contributed by atoms with Gasteiger partial charge in [-0.2, -0.15) is 0 Å². The quantitative estimate of drug-likeness (QED) is 0.475. The molecule has 3 rings (SSSR count). The Balaban J connectivity index is 1.65. The first-order chi connectivity index (χ1) is 14.1. The predicted molar refractivity (Wildman–Crippen MR) is 124 cm³/mol. The van der Waals surface area contributed by atoms with E-state index in [1.165, 1.54) is 51.4 Å². The van der Waals surface area contributed by atoms with Gasteiger partial charge in [-0.15, -0.1) is 0 Å². The fraction of sp³-hybridized carbons (Fsp3) is 0.731. The minimum atomic E-state index is -3.22. The van der Waals surface area contributed by atoms with E-state index in [1.54, 1.807) is 20.8 Å². The molecule has 0 radical (unpaired) electrons. The standard InChI is InChI=1S/C26H40O3S/c1-19-10-13-23(24(16-19)21-8-6-5-7-9-21)17-25(27)22-14-11-20(12-15-22)18-30(28,29)26(2,3)4/h11-12,14-15,19,21,23-24H,5-10,13,16-18H2,1-4H3. The van der Waals surface area contributed by atoms with Crippen LogP contribution in [-0.4, -0.2) is 18.9 Å². The third kappa shape index (κ3) is 5.75. The lowest BCUT2D eigenvalue weighted by Crippen LogP contribution is -2.32. The Morgan fingerprint density at radius 1 is 0.967 bits per heavy atom. The van der Waals surface area contributed by atoms with Gasteiger partial charge >= 0.3 is 0 Å². The second-order valence-corrected chi connectivity index (χ2v) is 13.7. The second-order valence-electron chi connectivity index (χ2n) is 10.9. The SMILES string of the molecule is CC1CCC(CC(=O)c2ccc(CS(=O)(=O)C(C)(C)C)cc2)C(C2CCCCC2)C1. The van der Waals surface area contributed by atoms with E-state index < -0.39 is 14.6 Å². The van der Waals surface area contributed by atoms with E-state index in [4.69, 9.17) is 0 Å². The van der Waals surface area contributed by atoms with E-state index >= 15 is 0 Å². The van der Waals surface area contributed by atoms with Crippen molar-refractivity contribution in [1.29, 1.82) is 0 Å². The zero-order chi connectivity index (χ0) is 21.9. The molecule has 2 aliphatic rings. The Labute approximate surface area is 184 Å². The summed E-state index contributed by atoms with van der Waals surface area (Å²) in [6.45, 7) is 7.56. The average molecular weight is 433 g/mol. The number of hydrogen-bond acceptors (Lipinski definition) is 3. The average Bonchev–Trinajstić information content (AvgIpc) is 2.69. The number of carbonyl (C=O) groups excluding carboxylic acids is 1. The molecule has 0 heterocycles. The molecule has 2 saturated carbocycles. The van der Waals surface area contributed by atoms with Gasteiger partial charge in [0.1, 0.15) is 0 Å². The monoisotopic (exact) mass is 432 g/mol. The molecule has 0 aliphatic heterocycles. The van der Waals surface area contributed by atoms with Gasteiger partial charge in [-0.1, -0.05) is 69.7 Å². The number of sulfone groups is 1. The third-order valence-electron chi connectivity index (χ3n) is 7.58. The molecule has 0 aromatic heterocycles. The highest BCUT2D eigenvalue weighted by molar-refractivity contribution is 7.91. The highest BCUT2D eigenvalue weighted by Gasteiger charge is 2.36. The summed E-state index contributed by atoms with van der Waals surface area (Å²) in [6, 6.07) is 7.30. The van der Waals surface area contributed by atoms with Crippen LogP contribution in [0.5, 0.6) is 0 Å². The van der Waals surface area contributed by atoms with Gasteiger partial charge in [0.05, 0.1) is 10.5 Å². The highest BCUT2D eigenvalue weighted by atomic mass is 32.2. The zero-order valence-electron chi connectivity index (χ0n) is 19.3. The summed E-state index contributed by atoms with van der Waals surface area (Å²) in [5.74, 6) is 3.05. The van der Waals surface area contributed by atoms with Crippen molar-refractivity contribution < 1.29 is 13.2 Å². The van der Waals surface area contributed by atoms with Gasteiger partial charge in [0.2, 0.25) is 0 Å². The van der Waals surface area contributed by atoms with Gasteiger partial charge in [-0.05, 0) is 62.8 Å². The summed E-state index contributed by atoms with van der Waals surface area (Å²) in [6.07, 6.45) is 11.1. The summed E-state index contributed by atoms with van der Waals surface area (Å²) < 4.78 is 24.1. The lowest BCUT2D eigenvalue weighted by atomic mass is 9.64. The summed E-state index contributed by atoms with van der Waals surface area (Å²) in [7, 11) is -3.22. The maximum Gasteiger partial charge on any atom is 0.163 e. The lowest BCUT2D eigenvalue weighted by Gasteiger charge is -2.41. The van der Waals surface area contributed by atoms with Crippen LogP contribution in [0.4, 0.5) is 0 Å². The van der Waals surface area contributed by atoms with Gasteiger partial charge in [0.15, 0.2) is 15.6 Å². The van der Waals surface area contributed by atoms with Crippen LogP contribution in [0, 0.1) is 23.7 Å². The van der Waals surface area contributed by atoms with Gasteiger partial charge in [0.25, 0.3) is 0 Å². The summed E-state index contributed by atoms with van der Waals surface area (Å²) >= 11 is 0. The van der Waals surface area contributed by atoms with Gasteiger partial charge in [-0.3, -0.25) is 4.79 Å². The van der Waals surface area contributed by atoms with Crippen molar-refractivity contribution in [2.45, 2.75) is 96.0 Å². The molecular weight excluding hydrogens is 392 g/mol. The van der Waals surface area contributed by atoms with Crippen molar-refractivity contribution in [1.82, 2.24) is 0 Å². The largest absolute Gasteiger partial charge is 0.294 e. The van der Waals surface area contributed by atoms with Crippen molar-refractivity contribution in [3.63, 3.8) is 0 Å². The molecule has 168 valence electrons. The number of carbonyl (C=O) groups is 1. The Bertz CT molecular complexity index is 811. The molecule has 3 nitrogen and oxygen atoms in total. The van der Waals surface area contributed by atoms with Crippen LogP contribution in [0.15, 0.2) is 24.3 Å². The number of benzene rings is 1. The first-order valence-electron chi connectivity index (χ1n) is 11.9. The van der Waals surface area contributed by atoms with Gasteiger partial charge in [-0.25, -0.2) is 8.42 Å². The molecule has 3 unspecified atom stereocenters. The number of hydrogen-bond donors (Lipinski definition) is 0. The minimum Gasteiger partial charge on any atom is -0.294 e. The van der Waals surface area contributed by atoms with Crippen LogP contribution in [-0.2, 0) is 15.6 Å². The van der Waals surface area contributed by atoms with Crippen LogP contribution < -0.4 is 0 Å². The van der Waals surface area contributed by atoms with E-state index in [1.807, 2.05) is 24.3 Å². The van der Waals surface area contributed by atoms with Gasteiger partial charge < -0.3 is 0 Å². The molecule has 3 atom stereocenters. The molecule has 0 amide bonds. The van der Waals surface area contributed by atoms with E-state index in [0.29, 0.717) is 18.3 Å². The molecule has 2 fully saturated rings. The maximum absolute atomic E-state index is 13.1. The smallest absolute Gasteiger partial charge is 0.163 e. The van der Waals surface area contributed by atoms with Crippen molar-refractivity contribution >= 4 is 15.6 Å². The molecule has 0 N–H and O–H groups in total. The highest BCUT2D eigenvalue weighted by Crippen LogP contribution is 2.45. The molecule has 0 bridgehead atoms. The fourth-order valence-electron chi connectivity index (χ4n) is 5.46. The van der Waals surface area contributed by atoms with Crippen LogP contribution in [0.1, 0.15) is 101 Å². The lowest BCUT2D eigenvalue weighted by molar-refractivity contribution is 0.0759. The summed E-state index contributed by atoms with van der Waals surface area (Å²) in [5, 5.41) is 0. The zero-order valence-corrected chi connectivity index (χ0v) is 20.1. The van der Waals surface area contributed by atoms with E-state index in [-0.39, 0.29) is 11.5 Å². The molecule has 1 aromatic carbocycles. The molecule has 0 saturated heterocycles. The molecule has 2 aliphatic carbocycles. The third-order valence-corrected chi connectivity index (χ3v) is 10.2. The van der Waals surface area contributed by atoms with E-state index in [9.17, 15) is 13.2 Å². The Hall–Kier alpha value is -1.16. The second kappa shape index (κ2) is 9.54. The molecule has 1 aromatic rings. The minimum absolute atomic E-state index is 0.0231. The van der Waals surface area contributed by atoms with Crippen LogP contribution >= 0.6 is 0 Å². The fourth-order valence-corrected chi connectivity index (χ4v) is 6.52. The van der Waals surface area contributed by atoms with Crippen molar-refractivity contribution in [3.8, 4) is 0 Å². The van der Waals surface area contributed by atoms with Crippen molar-refractivity contribution in [3.05, 3.63) is 35.4 Å². The van der Waals surface area contributed by atoms with Gasteiger partial charge in [0, 0.05) is 12.0 Å². The van der Waals surface area contributed by atoms with Crippen LogP contribution in [0.25, 0.3) is 0 Å². The Morgan fingerprint density at radius 3 is 2.20 bits per heavy atom. The normalized spacial score (nSPS) is 26.5. The molecule has 30 heavy (non-hydrogen) atoms. The molecule has 0 spiro atoms. The number of rotatable bonds is 6. The van der Waals surface area contributed by atoms with E-state index in [2.05, 4.69) is 6.92 Å². The Kier molecular flexibility index (Phi) is 7.48. The van der Waals surface area contributed by atoms with E-state index in [0.717, 1.165) is 23.0 Å². The molecule has 4 heteroatoms. The Morgan fingerprint density at radius 2 is 1.60 bits per heavy atom. The first-order valence-corrected chi connectivity index (χ1v) is 13.6. The predicted octanol–water partition coefficient (Wildman–Crippen LogP) is 6.61. The van der Waals surface area contributed by atoms with Crippen LogP contribution in [0.3, 0.4) is 0 Å². The number of ketones is 1. The summed E-state index contributed by atoms with van der Waals surface area (Å²) in [5.41, 5.74) is 1.49. The first kappa shape index (κ1) is 23.5. The maximum atomic E-state index is 13.1. The van der Waals surface area contributed by atoms with Crippen molar-refractivity contribution in [2.75, 3.05) is 0 Å². The number of Topliss-reactive ketones (excluding diaryl/α,β-unsaturated/α-hetero) is 1. The van der Waals surface area contributed by atoms with Crippen LogP contribution in [0.2, 0.25) is 0 Å². The molecular formula is C26H40O3S.